The largest absolute Gasteiger partial charge is 0.339 e. The van der Waals surface area contributed by atoms with E-state index < -0.39 is 10.0 Å². The molecule has 0 aromatic heterocycles. The van der Waals surface area contributed by atoms with Crippen LogP contribution in [0.5, 0.6) is 0 Å². The maximum Gasteiger partial charge on any atom is 0.261 e. The van der Waals surface area contributed by atoms with Crippen molar-refractivity contribution in [1.82, 2.24) is 4.90 Å². The quantitative estimate of drug-likeness (QED) is 0.772. The van der Waals surface area contributed by atoms with E-state index in [1.807, 2.05) is 0 Å². The van der Waals surface area contributed by atoms with Crippen LogP contribution in [0.15, 0.2) is 47.4 Å². The smallest absolute Gasteiger partial charge is 0.261 e. The van der Waals surface area contributed by atoms with E-state index in [0.29, 0.717) is 35.3 Å². The van der Waals surface area contributed by atoms with Gasteiger partial charge < -0.3 is 4.90 Å². The van der Waals surface area contributed by atoms with Crippen LogP contribution in [-0.4, -0.2) is 32.3 Å². The van der Waals surface area contributed by atoms with Crippen LogP contribution < -0.4 is 4.72 Å². The van der Waals surface area contributed by atoms with Gasteiger partial charge in [-0.2, -0.15) is 0 Å². The van der Waals surface area contributed by atoms with E-state index >= 15 is 0 Å². The van der Waals surface area contributed by atoms with Gasteiger partial charge in [0, 0.05) is 18.1 Å². The van der Waals surface area contributed by atoms with E-state index in [1.165, 1.54) is 30.3 Å². The van der Waals surface area contributed by atoms with Gasteiger partial charge in [0.15, 0.2) is 0 Å². The van der Waals surface area contributed by atoms with Crippen molar-refractivity contribution in [2.24, 2.45) is 5.92 Å². The Balaban J connectivity index is 1.76. The fourth-order valence-corrected chi connectivity index (χ4v) is 4.40. The molecule has 0 aliphatic carbocycles. The molecule has 0 saturated carbocycles. The Hall–Kier alpha value is -1.76. The molecule has 1 saturated heterocycles. The molecule has 1 heterocycles. The van der Waals surface area contributed by atoms with Gasteiger partial charge in [0.05, 0.1) is 21.2 Å². The SMILES string of the molecule is CC1CCN(C(=O)c2ccc(NS(=O)(=O)c3ccc(Cl)cc3)cc2Cl)CC1. The molecule has 2 aromatic carbocycles. The van der Waals surface area contributed by atoms with E-state index in [2.05, 4.69) is 11.6 Å². The summed E-state index contributed by atoms with van der Waals surface area (Å²) in [4.78, 5) is 14.5. The molecule has 8 heteroatoms. The highest BCUT2D eigenvalue weighted by Gasteiger charge is 2.23. The van der Waals surface area contributed by atoms with Gasteiger partial charge in [-0.25, -0.2) is 8.42 Å². The van der Waals surface area contributed by atoms with Crippen molar-refractivity contribution in [3.05, 3.63) is 58.1 Å². The molecule has 27 heavy (non-hydrogen) atoms. The third-order valence-corrected chi connectivity index (χ3v) is 6.61. The first-order valence-corrected chi connectivity index (χ1v) is 10.9. The molecule has 0 spiro atoms. The van der Waals surface area contributed by atoms with Gasteiger partial charge in [0.2, 0.25) is 0 Å². The number of hydrogen-bond donors (Lipinski definition) is 1. The number of rotatable bonds is 4. The van der Waals surface area contributed by atoms with Crippen molar-refractivity contribution in [1.29, 1.82) is 0 Å². The van der Waals surface area contributed by atoms with Crippen LogP contribution in [0.1, 0.15) is 30.1 Å². The van der Waals surface area contributed by atoms with Crippen molar-refractivity contribution in [2.45, 2.75) is 24.7 Å². The summed E-state index contributed by atoms with van der Waals surface area (Å²) < 4.78 is 27.4. The lowest BCUT2D eigenvalue weighted by atomic mass is 9.98. The monoisotopic (exact) mass is 426 g/mol. The third-order valence-electron chi connectivity index (χ3n) is 4.65. The number of anilines is 1. The predicted molar refractivity (Wildman–Crippen MR) is 108 cm³/mol. The second-order valence-corrected chi connectivity index (χ2v) is 9.25. The van der Waals surface area contributed by atoms with Gasteiger partial charge in [-0.15, -0.1) is 0 Å². The van der Waals surface area contributed by atoms with Crippen molar-refractivity contribution >= 4 is 44.8 Å². The lowest BCUT2D eigenvalue weighted by Crippen LogP contribution is -2.38. The molecular weight excluding hydrogens is 407 g/mol. The van der Waals surface area contributed by atoms with Crippen molar-refractivity contribution in [2.75, 3.05) is 17.8 Å². The second-order valence-electron chi connectivity index (χ2n) is 6.73. The lowest BCUT2D eigenvalue weighted by molar-refractivity contribution is 0.0697. The molecule has 0 radical (unpaired) electrons. The van der Waals surface area contributed by atoms with Crippen LogP contribution >= 0.6 is 23.2 Å². The first-order chi connectivity index (χ1) is 12.8. The van der Waals surface area contributed by atoms with E-state index in [4.69, 9.17) is 23.2 Å². The van der Waals surface area contributed by atoms with Gasteiger partial charge in [0.25, 0.3) is 15.9 Å². The third kappa shape index (κ3) is 4.75. The summed E-state index contributed by atoms with van der Waals surface area (Å²) >= 11 is 12.1. The van der Waals surface area contributed by atoms with E-state index in [1.54, 1.807) is 17.0 Å². The van der Waals surface area contributed by atoms with Gasteiger partial charge in [0.1, 0.15) is 0 Å². The van der Waals surface area contributed by atoms with Gasteiger partial charge in [-0.05, 0) is 61.2 Å². The normalized spacial score (nSPS) is 15.6. The summed E-state index contributed by atoms with van der Waals surface area (Å²) in [6.07, 6.45) is 1.95. The molecule has 0 atom stereocenters. The first kappa shape index (κ1) is 20.0. The van der Waals surface area contributed by atoms with Crippen LogP contribution in [0.2, 0.25) is 10.0 Å². The number of hydrogen-bond acceptors (Lipinski definition) is 3. The summed E-state index contributed by atoms with van der Waals surface area (Å²) in [5.41, 5.74) is 0.666. The maximum atomic E-state index is 12.7. The van der Waals surface area contributed by atoms with Crippen molar-refractivity contribution in [3.63, 3.8) is 0 Å². The highest BCUT2D eigenvalue weighted by molar-refractivity contribution is 7.92. The number of sulfonamides is 1. The molecule has 1 aliphatic rings. The average Bonchev–Trinajstić information content (AvgIpc) is 2.62. The fraction of sp³-hybridized carbons (Fsp3) is 0.316. The average molecular weight is 427 g/mol. The molecule has 1 aliphatic heterocycles. The number of halogens is 2. The van der Waals surface area contributed by atoms with Crippen LogP contribution in [0.3, 0.4) is 0 Å². The van der Waals surface area contributed by atoms with E-state index in [0.717, 1.165) is 12.8 Å². The predicted octanol–water partition coefficient (Wildman–Crippen LogP) is 4.67. The fourth-order valence-electron chi connectivity index (χ4n) is 2.96. The number of benzene rings is 2. The van der Waals surface area contributed by atoms with Gasteiger partial charge in [-0.1, -0.05) is 30.1 Å². The summed E-state index contributed by atoms with van der Waals surface area (Å²) in [7, 11) is -3.77. The standard InChI is InChI=1S/C19H20Cl2N2O3S/c1-13-8-10-23(11-9-13)19(24)17-7-4-15(12-18(17)21)22-27(25,26)16-5-2-14(20)3-6-16/h2-7,12-13,22H,8-11H2,1H3. The summed E-state index contributed by atoms with van der Waals surface area (Å²) in [6.45, 7) is 3.60. The Labute approximate surface area is 169 Å². The van der Waals surface area contributed by atoms with Gasteiger partial charge >= 0.3 is 0 Å². The summed E-state index contributed by atoms with van der Waals surface area (Å²) in [6, 6.07) is 10.4. The minimum atomic E-state index is -3.77. The second kappa shape index (κ2) is 8.09. The highest BCUT2D eigenvalue weighted by atomic mass is 35.5. The van der Waals surface area contributed by atoms with Crippen LogP contribution in [0, 0.1) is 5.92 Å². The highest BCUT2D eigenvalue weighted by Crippen LogP contribution is 2.26. The number of amides is 1. The zero-order valence-electron chi connectivity index (χ0n) is 14.8. The minimum absolute atomic E-state index is 0.0885. The Bertz CT molecular complexity index is 938. The van der Waals surface area contributed by atoms with Crippen LogP contribution in [0.25, 0.3) is 0 Å². The topological polar surface area (TPSA) is 66.5 Å². The molecule has 5 nitrogen and oxygen atoms in total. The zero-order valence-corrected chi connectivity index (χ0v) is 17.1. The maximum absolute atomic E-state index is 12.7. The Kier molecular flexibility index (Phi) is 5.99. The first-order valence-electron chi connectivity index (χ1n) is 8.63. The molecule has 1 N–H and O–H groups in total. The molecule has 0 bridgehead atoms. The van der Waals surface area contributed by atoms with Crippen molar-refractivity contribution in [3.8, 4) is 0 Å². The summed E-state index contributed by atoms with van der Waals surface area (Å²) in [5, 5.41) is 0.668. The van der Waals surface area contributed by atoms with Crippen LogP contribution in [-0.2, 0) is 10.0 Å². The number of carbonyl (C=O) groups excluding carboxylic acids is 1. The Morgan fingerprint density at radius 2 is 1.70 bits per heavy atom. The van der Waals surface area contributed by atoms with Crippen LogP contribution in [0.4, 0.5) is 5.69 Å². The molecule has 1 fully saturated rings. The molecule has 2 aromatic rings. The minimum Gasteiger partial charge on any atom is -0.339 e. The van der Waals surface area contributed by atoms with E-state index in [-0.39, 0.29) is 15.8 Å². The number of nitrogens with one attached hydrogen (secondary N) is 1. The van der Waals surface area contributed by atoms with Gasteiger partial charge in [-0.3, -0.25) is 9.52 Å². The molecular formula is C19H20Cl2N2O3S. The molecule has 3 rings (SSSR count). The number of nitrogens with zero attached hydrogens (tertiary/aromatic N) is 1. The summed E-state index contributed by atoms with van der Waals surface area (Å²) in [5.74, 6) is 0.494. The van der Waals surface area contributed by atoms with E-state index in [9.17, 15) is 13.2 Å². The number of likely N-dealkylation sites (tertiary alicyclic amines) is 1. The molecule has 144 valence electrons. The zero-order chi connectivity index (χ0) is 19.6. The Morgan fingerprint density at radius 1 is 1.07 bits per heavy atom. The molecule has 0 unspecified atom stereocenters. The number of carbonyl (C=O) groups is 1. The lowest BCUT2D eigenvalue weighted by Gasteiger charge is -2.30. The molecule has 1 amide bonds. The Morgan fingerprint density at radius 3 is 2.30 bits per heavy atom. The van der Waals surface area contributed by atoms with Crippen molar-refractivity contribution < 1.29 is 13.2 Å². The number of piperidine rings is 1.